The average molecular weight is 426 g/mol. The summed E-state index contributed by atoms with van der Waals surface area (Å²) in [7, 11) is 0. The van der Waals surface area contributed by atoms with Gasteiger partial charge in [0.2, 0.25) is 0 Å². The number of rotatable bonds is 7. The molecule has 0 aromatic heterocycles. The van der Waals surface area contributed by atoms with Crippen molar-refractivity contribution in [3.63, 3.8) is 0 Å². The Kier molecular flexibility index (Phi) is 7.95. The molecule has 1 fully saturated rings. The molecule has 2 N–H and O–H groups in total. The van der Waals surface area contributed by atoms with Crippen LogP contribution in [0.2, 0.25) is 5.02 Å². The van der Waals surface area contributed by atoms with Gasteiger partial charge in [0, 0.05) is 17.7 Å². The van der Waals surface area contributed by atoms with Crippen molar-refractivity contribution in [2.75, 3.05) is 6.54 Å². The highest BCUT2D eigenvalue weighted by Crippen LogP contribution is 2.25. The van der Waals surface area contributed by atoms with Crippen molar-refractivity contribution in [1.29, 1.82) is 0 Å². The Morgan fingerprint density at radius 1 is 1.31 bits per heavy atom. The third kappa shape index (κ3) is 6.42. The number of halogens is 1. The van der Waals surface area contributed by atoms with Gasteiger partial charge in [0.1, 0.15) is 11.6 Å². The van der Waals surface area contributed by atoms with Crippen molar-refractivity contribution < 1.29 is 24.0 Å². The summed E-state index contributed by atoms with van der Waals surface area (Å²) in [4.78, 5) is 46.4. The van der Waals surface area contributed by atoms with Gasteiger partial charge in [-0.1, -0.05) is 31.4 Å². The number of nitro benzene ring substituents is 1. The number of esters is 1. The van der Waals surface area contributed by atoms with E-state index in [1.54, 1.807) is 0 Å². The zero-order valence-corrected chi connectivity index (χ0v) is 17.0. The number of ether oxygens (including phenoxy) is 1. The van der Waals surface area contributed by atoms with E-state index in [1.165, 1.54) is 19.1 Å². The molecule has 0 aliphatic heterocycles. The van der Waals surface area contributed by atoms with Gasteiger partial charge in [-0.15, -0.1) is 0 Å². The summed E-state index contributed by atoms with van der Waals surface area (Å²) in [6.07, 6.45) is 3.16. The summed E-state index contributed by atoms with van der Waals surface area (Å²) in [5.41, 5.74) is -0.435. The van der Waals surface area contributed by atoms with E-state index in [4.69, 9.17) is 16.3 Å². The van der Waals surface area contributed by atoms with Crippen molar-refractivity contribution in [3.05, 3.63) is 38.9 Å². The van der Waals surface area contributed by atoms with Gasteiger partial charge in [-0.05, 0) is 37.8 Å². The molecule has 2 rings (SSSR count). The van der Waals surface area contributed by atoms with Crippen LogP contribution in [0.4, 0.5) is 5.69 Å². The van der Waals surface area contributed by atoms with Crippen LogP contribution in [0.25, 0.3) is 0 Å². The molecule has 9 nitrogen and oxygen atoms in total. The number of carbonyl (C=O) groups is 3. The largest absolute Gasteiger partial charge is 0.451 e. The predicted molar refractivity (Wildman–Crippen MR) is 106 cm³/mol. The number of nitro groups is 1. The van der Waals surface area contributed by atoms with Crippen molar-refractivity contribution >= 4 is 35.1 Å². The monoisotopic (exact) mass is 425 g/mol. The van der Waals surface area contributed by atoms with Gasteiger partial charge in [0.15, 0.2) is 6.10 Å². The first-order chi connectivity index (χ1) is 13.7. The molecule has 3 atom stereocenters. The van der Waals surface area contributed by atoms with Crippen molar-refractivity contribution in [3.8, 4) is 0 Å². The van der Waals surface area contributed by atoms with Crippen LogP contribution >= 0.6 is 11.6 Å². The van der Waals surface area contributed by atoms with Gasteiger partial charge in [-0.3, -0.25) is 24.5 Å². The van der Waals surface area contributed by atoms with Crippen LogP contribution < -0.4 is 10.6 Å². The highest BCUT2D eigenvalue weighted by Gasteiger charge is 2.26. The molecule has 0 bridgehead atoms. The molecular formula is C19H24ClN3O6. The number of nitrogens with zero attached hydrogens (tertiary/aromatic N) is 1. The number of hydrogen-bond acceptors (Lipinski definition) is 6. The first-order valence-electron chi connectivity index (χ1n) is 9.41. The number of hydrogen-bond donors (Lipinski definition) is 2. The van der Waals surface area contributed by atoms with Gasteiger partial charge in [-0.2, -0.15) is 0 Å². The second kappa shape index (κ2) is 10.2. The molecule has 10 heteroatoms. The minimum absolute atomic E-state index is 0.0222. The van der Waals surface area contributed by atoms with E-state index >= 15 is 0 Å². The van der Waals surface area contributed by atoms with E-state index < -0.39 is 35.1 Å². The third-order valence-electron chi connectivity index (χ3n) is 4.91. The molecule has 0 radical (unpaired) electrons. The average Bonchev–Trinajstić information content (AvgIpc) is 2.67. The Balaban J connectivity index is 1.82. The van der Waals surface area contributed by atoms with E-state index in [-0.39, 0.29) is 22.5 Å². The van der Waals surface area contributed by atoms with E-state index in [9.17, 15) is 24.5 Å². The second-order valence-electron chi connectivity index (χ2n) is 7.11. The first kappa shape index (κ1) is 22.6. The minimum Gasteiger partial charge on any atom is -0.451 e. The Bertz CT molecular complexity index is 800. The first-order valence-corrected chi connectivity index (χ1v) is 9.78. The zero-order chi connectivity index (χ0) is 21.6. The third-order valence-corrected chi connectivity index (χ3v) is 5.23. The number of amides is 2. The summed E-state index contributed by atoms with van der Waals surface area (Å²) in [6.45, 7) is 3.06. The molecule has 1 aliphatic carbocycles. The molecule has 1 aromatic carbocycles. The maximum absolute atomic E-state index is 12.2. The maximum atomic E-state index is 12.2. The lowest BCUT2D eigenvalue weighted by molar-refractivity contribution is -0.384. The topological polar surface area (TPSA) is 128 Å². The molecule has 1 aliphatic rings. The van der Waals surface area contributed by atoms with Crippen LogP contribution in [0, 0.1) is 16.0 Å². The molecule has 158 valence electrons. The highest BCUT2D eigenvalue weighted by atomic mass is 35.5. The van der Waals surface area contributed by atoms with E-state index in [0.717, 1.165) is 31.7 Å². The van der Waals surface area contributed by atoms with Gasteiger partial charge in [-0.25, -0.2) is 0 Å². The van der Waals surface area contributed by atoms with E-state index in [0.29, 0.717) is 5.92 Å². The lowest BCUT2D eigenvalue weighted by atomic mass is 9.86. The maximum Gasteiger partial charge on any atom is 0.326 e. The minimum atomic E-state index is -0.995. The highest BCUT2D eigenvalue weighted by molar-refractivity contribution is 6.32. The van der Waals surface area contributed by atoms with Crippen molar-refractivity contribution in [2.45, 2.75) is 51.7 Å². The summed E-state index contributed by atoms with van der Waals surface area (Å²) in [5.74, 6) is -1.49. The molecule has 1 saturated carbocycles. The fraction of sp³-hybridized carbons (Fsp3) is 0.526. The Morgan fingerprint density at radius 2 is 2.00 bits per heavy atom. The summed E-state index contributed by atoms with van der Waals surface area (Å²) < 4.78 is 5.06. The zero-order valence-electron chi connectivity index (χ0n) is 16.3. The van der Waals surface area contributed by atoms with Crippen molar-refractivity contribution in [1.82, 2.24) is 10.6 Å². The second-order valence-corrected chi connectivity index (χ2v) is 7.52. The smallest absolute Gasteiger partial charge is 0.326 e. The SMILES string of the molecule is C[C@@H](OC(=O)CNC(=O)c1ccc(Cl)c([N+](=O)[O-])c1)C(=O)N[C@H]1CCCC[C@@H]1C. The Morgan fingerprint density at radius 3 is 2.66 bits per heavy atom. The summed E-state index contributed by atoms with van der Waals surface area (Å²) in [5, 5.41) is 16.0. The van der Waals surface area contributed by atoms with Gasteiger partial charge >= 0.3 is 5.97 Å². The van der Waals surface area contributed by atoms with Crippen molar-refractivity contribution in [2.24, 2.45) is 5.92 Å². The van der Waals surface area contributed by atoms with Crippen LogP contribution in [-0.2, 0) is 14.3 Å². The Labute approximate surface area is 173 Å². The molecular weight excluding hydrogens is 402 g/mol. The summed E-state index contributed by atoms with van der Waals surface area (Å²) in [6, 6.07) is 3.62. The van der Waals surface area contributed by atoms with Crippen LogP contribution in [0.5, 0.6) is 0 Å². The molecule has 2 amide bonds. The molecule has 1 aromatic rings. The standard InChI is InChI=1S/C19H24ClN3O6/c1-11-5-3-4-6-15(11)22-18(25)12(2)29-17(24)10-21-19(26)13-7-8-14(20)16(9-13)23(27)28/h7-9,11-12,15H,3-6,10H2,1-2H3,(H,21,26)(H,22,25)/t11-,12+,15-/m0/s1. The molecule has 0 spiro atoms. The number of carbonyl (C=O) groups excluding carboxylic acids is 3. The molecule has 0 saturated heterocycles. The summed E-state index contributed by atoms with van der Waals surface area (Å²) >= 11 is 5.70. The van der Waals surface area contributed by atoms with Crippen LogP contribution in [0.15, 0.2) is 18.2 Å². The van der Waals surface area contributed by atoms with Gasteiger partial charge < -0.3 is 15.4 Å². The van der Waals surface area contributed by atoms with Gasteiger partial charge in [0.05, 0.1) is 4.92 Å². The van der Waals surface area contributed by atoms with E-state index in [1.807, 2.05) is 0 Å². The lowest BCUT2D eigenvalue weighted by Crippen LogP contribution is -2.46. The van der Waals surface area contributed by atoms with E-state index in [2.05, 4.69) is 17.6 Å². The van der Waals surface area contributed by atoms with Gasteiger partial charge in [0.25, 0.3) is 17.5 Å². The predicted octanol–water partition coefficient (Wildman–Crippen LogP) is 2.60. The van der Waals surface area contributed by atoms with Crippen LogP contribution in [-0.4, -0.2) is 41.4 Å². The Hall–Kier alpha value is -2.68. The fourth-order valence-corrected chi connectivity index (χ4v) is 3.36. The fourth-order valence-electron chi connectivity index (χ4n) is 3.17. The quantitative estimate of drug-likeness (QED) is 0.392. The lowest BCUT2D eigenvalue weighted by Gasteiger charge is -2.30. The number of nitrogens with one attached hydrogen (secondary N) is 2. The number of benzene rings is 1. The van der Waals surface area contributed by atoms with Crippen LogP contribution in [0.1, 0.15) is 49.9 Å². The van der Waals surface area contributed by atoms with Crippen LogP contribution in [0.3, 0.4) is 0 Å². The normalized spacial score (nSPS) is 19.7. The molecule has 29 heavy (non-hydrogen) atoms. The molecule has 0 heterocycles. The molecule has 0 unspecified atom stereocenters.